The van der Waals surface area contributed by atoms with Gasteiger partial charge >= 0.3 is 0 Å². The molecule has 0 saturated carbocycles. The monoisotopic (exact) mass is 245 g/mol. The van der Waals surface area contributed by atoms with E-state index in [1.165, 1.54) is 0 Å². The largest absolute Gasteiger partial charge is 0.398 e. The van der Waals surface area contributed by atoms with Crippen LogP contribution in [0.5, 0.6) is 0 Å². The number of nitrogen functional groups attached to an aromatic ring is 1. The normalized spacial score (nSPS) is 12.8. The predicted molar refractivity (Wildman–Crippen MR) is 67.6 cm³/mol. The lowest BCUT2D eigenvalue weighted by Crippen LogP contribution is -2.03. The summed E-state index contributed by atoms with van der Waals surface area (Å²) in [4.78, 5) is 1.13. The Morgan fingerprint density at radius 1 is 1.53 bits per heavy atom. The molecule has 1 unspecified atom stereocenters. The summed E-state index contributed by atoms with van der Waals surface area (Å²) in [5.41, 5.74) is 7.44. The van der Waals surface area contributed by atoms with E-state index >= 15 is 0 Å². The van der Waals surface area contributed by atoms with Gasteiger partial charge in [0.25, 0.3) is 0 Å². The summed E-state index contributed by atoms with van der Waals surface area (Å²) >= 11 is 7.65. The third-order valence-corrected chi connectivity index (χ3v) is 3.94. The molecule has 0 bridgehead atoms. The Kier molecular flexibility index (Phi) is 4.77. The minimum absolute atomic E-state index is 0.217. The van der Waals surface area contributed by atoms with E-state index in [4.69, 9.17) is 22.4 Å². The zero-order chi connectivity index (χ0) is 11.4. The summed E-state index contributed by atoms with van der Waals surface area (Å²) in [7, 11) is 0. The van der Waals surface area contributed by atoms with Crippen LogP contribution in [0.4, 0.5) is 5.69 Å². The van der Waals surface area contributed by atoms with E-state index in [0.717, 1.165) is 16.2 Å². The number of hydrogen-bond acceptors (Lipinski definition) is 3. The summed E-state index contributed by atoms with van der Waals surface area (Å²) < 4.78 is 0. The second-order valence-corrected chi connectivity index (χ2v) is 5.21. The van der Waals surface area contributed by atoms with Crippen LogP contribution >= 0.6 is 23.4 Å². The number of aliphatic hydroxyl groups excluding tert-OH is 1. The van der Waals surface area contributed by atoms with E-state index in [1.54, 1.807) is 11.8 Å². The number of hydrogen-bond donors (Lipinski definition) is 2. The first kappa shape index (κ1) is 12.7. The van der Waals surface area contributed by atoms with Gasteiger partial charge in [0.15, 0.2) is 0 Å². The van der Waals surface area contributed by atoms with Gasteiger partial charge < -0.3 is 10.8 Å². The molecule has 1 aromatic rings. The zero-order valence-corrected chi connectivity index (χ0v) is 10.5. The molecular formula is C11H16ClNOS. The Morgan fingerprint density at radius 2 is 2.20 bits per heavy atom. The highest BCUT2D eigenvalue weighted by molar-refractivity contribution is 7.99. The third-order valence-electron chi connectivity index (χ3n) is 2.13. The Morgan fingerprint density at radius 3 is 2.80 bits per heavy atom. The Hall–Kier alpha value is -0.380. The van der Waals surface area contributed by atoms with Gasteiger partial charge in [-0.3, -0.25) is 0 Å². The van der Waals surface area contributed by atoms with Crippen LogP contribution in [0.1, 0.15) is 12.5 Å². The fraction of sp³-hybridized carbons (Fsp3) is 0.455. The van der Waals surface area contributed by atoms with E-state index in [9.17, 15) is 0 Å². The molecule has 1 atom stereocenters. The van der Waals surface area contributed by atoms with Gasteiger partial charge in [0.2, 0.25) is 0 Å². The quantitative estimate of drug-likeness (QED) is 0.633. The second kappa shape index (κ2) is 5.64. The van der Waals surface area contributed by atoms with Gasteiger partial charge in [-0.1, -0.05) is 18.5 Å². The van der Waals surface area contributed by atoms with Gasteiger partial charge in [-0.05, 0) is 30.5 Å². The third kappa shape index (κ3) is 3.59. The van der Waals surface area contributed by atoms with Crippen molar-refractivity contribution in [2.75, 3.05) is 18.1 Å². The van der Waals surface area contributed by atoms with E-state index < -0.39 is 0 Å². The number of rotatable bonds is 4. The maximum Gasteiger partial charge on any atom is 0.0646 e. The minimum atomic E-state index is 0.217. The van der Waals surface area contributed by atoms with Crippen LogP contribution < -0.4 is 5.73 Å². The average molecular weight is 246 g/mol. The standard InChI is InChI=1S/C11H16ClNOS/c1-7(5-14)6-15-11-4-9(12)10(13)3-8(11)2/h3-4,7,14H,5-6,13H2,1-2H3. The average Bonchev–Trinajstić information content (AvgIpc) is 2.21. The minimum Gasteiger partial charge on any atom is -0.398 e. The molecule has 0 amide bonds. The van der Waals surface area contributed by atoms with Crippen molar-refractivity contribution in [2.24, 2.45) is 5.92 Å². The van der Waals surface area contributed by atoms with Crippen LogP contribution in [0.25, 0.3) is 0 Å². The van der Waals surface area contributed by atoms with E-state index in [0.29, 0.717) is 16.6 Å². The molecule has 0 aliphatic rings. The molecule has 84 valence electrons. The van der Waals surface area contributed by atoms with Gasteiger partial charge in [-0.15, -0.1) is 11.8 Å². The van der Waals surface area contributed by atoms with Gasteiger partial charge in [-0.2, -0.15) is 0 Å². The maximum atomic E-state index is 8.92. The highest BCUT2D eigenvalue weighted by Gasteiger charge is 2.06. The van der Waals surface area contributed by atoms with E-state index in [1.807, 2.05) is 26.0 Å². The predicted octanol–water partition coefficient (Wildman–Crippen LogP) is 2.95. The van der Waals surface area contributed by atoms with Crippen molar-refractivity contribution in [3.8, 4) is 0 Å². The molecule has 1 aromatic carbocycles. The summed E-state index contributed by atoms with van der Waals surface area (Å²) in [5.74, 6) is 1.18. The Labute approximate surface area is 99.8 Å². The van der Waals surface area contributed by atoms with Gasteiger partial charge in [0.05, 0.1) is 10.7 Å². The molecule has 0 radical (unpaired) electrons. The van der Waals surface area contributed by atoms with Crippen LogP contribution in [-0.4, -0.2) is 17.5 Å². The van der Waals surface area contributed by atoms with E-state index in [2.05, 4.69) is 0 Å². The second-order valence-electron chi connectivity index (χ2n) is 3.74. The van der Waals surface area contributed by atoms with Crippen molar-refractivity contribution in [3.63, 3.8) is 0 Å². The molecule has 0 heterocycles. The lowest BCUT2D eigenvalue weighted by Gasteiger charge is -2.10. The van der Waals surface area contributed by atoms with Crippen molar-refractivity contribution in [1.82, 2.24) is 0 Å². The number of aliphatic hydroxyl groups is 1. The van der Waals surface area contributed by atoms with Crippen LogP contribution in [0.15, 0.2) is 17.0 Å². The zero-order valence-electron chi connectivity index (χ0n) is 8.96. The van der Waals surface area contributed by atoms with Crippen LogP contribution in [0.2, 0.25) is 5.02 Å². The van der Waals surface area contributed by atoms with Crippen molar-refractivity contribution in [2.45, 2.75) is 18.7 Å². The van der Waals surface area contributed by atoms with Crippen molar-refractivity contribution < 1.29 is 5.11 Å². The molecule has 0 spiro atoms. The number of anilines is 1. The summed E-state index contributed by atoms with van der Waals surface area (Å²) in [6, 6.07) is 3.77. The molecule has 0 fully saturated rings. The molecule has 3 N–H and O–H groups in total. The molecule has 2 nitrogen and oxygen atoms in total. The molecule has 0 aliphatic heterocycles. The Bertz CT molecular complexity index is 344. The number of nitrogens with two attached hydrogens (primary N) is 1. The first-order valence-corrected chi connectivity index (χ1v) is 6.20. The van der Waals surface area contributed by atoms with Gasteiger partial charge in [0.1, 0.15) is 0 Å². The highest BCUT2D eigenvalue weighted by atomic mass is 35.5. The Balaban J connectivity index is 2.73. The molecular weight excluding hydrogens is 230 g/mol. The lowest BCUT2D eigenvalue weighted by molar-refractivity contribution is 0.250. The highest BCUT2D eigenvalue weighted by Crippen LogP contribution is 2.30. The summed E-state index contributed by atoms with van der Waals surface area (Å²) in [5, 5.41) is 9.52. The number of thioether (sulfide) groups is 1. The molecule has 1 rings (SSSR count). The molecule has 15 heavy (non-hydrogen) atoms. The maximum absolute atomic E-state index is 8.92. The molecule has 0 saturated heterocycles. The van der Waals surface area contributed by atoms with Crippen LogP contribution in [-0.2, 0) is 0 Å². The van der Waals surface area contributed by atoms with Gasteiger partial charge in [-0.25, -0.2) is 0 Å². The lowest BCUT2D eigenvalue weighted by atomic mass is 10.2. The number of benzene rings is 1. The number of aryl methyl sites for hydroxylation is 1. The first-order chi connectivity index (χ1) is 7.04. The van der Waals surface area contributed by atoms with Crippen molar-refractivity contribution in [1.29, 1.82) is 0 Å². The molecule has 0 aliphatic carbocycles. The SMILES string of the molecule is Cc1cc(N)c(Cl)cc1SCC(C)CO. The molecule has 4 heteroatoms. The first-order valence-electron chi connectivity index (χ1n) is 4.84. The van der Waals surface area contributed by atoms with Crippen molar-refractivity contribution in [3.05, 3.63) is 22.7 Å². The fourth-order valence-electron chi connectivity index (χ4n) is 1.13. The topological polar surface area (TPSA) is 46.2 Å². The van der Waals surface area contributed by atoms with E-state index in [-0.39, 0.29) is 6.61 Å². The van der Waals surface area contributed by atoms with Gasteiger partial charge in [0, 0.05) is 17.3 Å². The van der Waals surface area contributed by atoms with Crippen LogP contribution in [0, 0.1) is 12.8 Å². The van der Waals surface area contributed by atoms with Crippen molar-refractivity contribution >= 4 is 29.1 Å². The number of halogens is 1. The molecule has 0 aromatic heterocycles. The van der Waals surface area contributed by atoms with Crippen LogP contribution in [0.3, 0.4) is 0 Å². The summed E-state index contributed by atoms with van der Waals surface area (Å²) in [6.45, 7) is 4.24. The smallest absolute Gasteiger partial charge is 0.0646 e. The fourth-order valence-corrected chi connectivity index (χ4v) is 2.41. The summed E-state index contributed by atoms with van der Waals surface area (Å²) in [6.07, 6.45) is 0.